The summed E-state index contributed by atoms with van der Waals surface area (Å²) in [6, 6.07) is 5.92. The molecule has 0 saturated heterocycles. The molecule has 0 aliphatic rings. The SMILES string of the molecule is CNn1cc(-c2nnc(Cc3ccc(F)cc3)s2)c(=O)c(O)c1C(=O)O. The number of rotatable bonds is 5. The largest absolute Gasteiger partial charge is 0.502 e. The Balaban J connectivity index is 1.99. The summed E-state index contributed by atoms with van der Waals surface area (Å²) in [5, 5.41) is 27.9. The second-order valence-corrected chi connectivity index (χ2v) is 6.33. The van der Waals surface area contributed by atoms with Crippen molar-refractivity contribution in [2.45, 2.75) is 6.42 Å². The van der Waals surface area contributed by atoms with Crippen molar-refractivity contribution in [3.63, 3.8) is 0 Å². The van der Waals surface area contributed by atoms with Crippen molar-refractivity contribution >= 4 is 17.3 Å². The molecule has 0 atom stereocenters. The second-order valence-electron chi connectivity index (χ2n) is 5.27. The molecule has 0 bridgehead atoms. The minimum absolute atomic E-state index is 0.0182. The van der Waals surface area contributed by atoms with Gasteiger partial charge in [-0.1, -0.05) is 23.5 Å². The van der Waals surface area contributed by atoms with Crippen LogP contribution in [0.25, 0.3) is 10.6 Å². The molecule has 0 amide bonds. The van der Waals surface area contributed by atoms with Gasteiger partial charge < -0.3 is 15.6 Å². The standard InChI is InChI=1S/C16H13FN4O4S/c1-18-21-7-10(13(22)14(23)12(21)16(24)25)15-20-19-11(26-15)6-8-2-4-9(17)5-3-8/h2-5,7,18,23H,6H2,1H3,(H,24,25). The Morgan fingerprint density at radius 3 is 2.62 bits per heavy atom. The average molecular weight is 376 g/mol. The minimum Gasteiger partial charge on any atom is -0.502 e. The summed E-state index contributed by atoms with van der Waals surface area (Å²) in [6.07, 6.45) is 1.64. The highest BCUT2D eigenvalue weighted by Crippen LogP contribution is 2.25. The van der Waals surface area contributed by atoms with Gasteiger partial charge in [0.05, 0.1) is 5.56 Å². The Morgan fingerprint density at radius 1 is 1.31 bits per heavy atom. The van der Waals surface area contributed by atoms with Gasteiger partial charge in [0.25, 0.3) is 0 Å². The third-order valence-corrected chi connectivity index (χ3v) is 4.55. The number of carboxylic acid groups (broad SMARTS) is 1. The fraction of sp³-hybridized carbons (Fsp3) is 0.125. The molecule has 0 unspecified atom stereocenters. The number of carbonyl (C=O) groups is 1. The van der Waals surface area contributed by atoms with Crippen LogP contribution in [0.2, 0.25) is 0 Å². The van der Waals surface area contributed by atoms with E-state index in [2.05, 4.69) is 15.6 Å². The first-order chi connectivity index (χ1) is 12.4. The predicted molar refractivity (Wildman–Crippen MR) is 92.7 cm³/mol. The van der Waals surface area contributed by atoms with Crippen molar-refractivity contribution in [3.8, 4) is 16.3 Å². The molecule has 2 aromatic heterocycles. The zero-order valence-corrected chi connectivity index (χ0v) is 14.2. The van der Waals surface area contributed by atoms with Gasteiger partial charge >= 0.3 is 5.97 Å². The van der Waals surface area contributed by atoms with Gasteiger partial charge in [0.2, 0.25) is 5.43 Å². The van der Waals surface area contributed by atoms with Crippen LogP contribution in [0.1, 0.15) is 21.1 Å². The van der Waals surface area contributed by atoms with E-state index in [0.29, 0.717) is 11.4 Å². The van der Waals surface area contributed by atoms with Crippen molar-refractivity contribution < 1.29 is 19.4 Å². The molecule has 0 radical (unpaired) electrons. The number of hydrogen-bond acceptors (Lipinski definition) is 7. The molecule has 3 aromatic rings. The van der Waals surface area contributed by atoms with Crippen molar-refractivity contribution in [1.82, 2.24) is 14.9 Å². The number of halogens is 1. The number of nitrogens with one attached hydrogen (secondary N) is 1. The lowest BCUT2D eigenvalue weighted by molar-refractivity contribution is 0.0682. The molecule has 0 spiro atoms. The van der Waals surface area contributed by atoms with Crippen molar-refractivity contribution in [3.05, 3.63) is 62.8 Å². The number of carboxylic acids is 1. The lowest BCUT2D eigenvalue weighted by Gasteiger charge is -2.12. The van der Waals surface area contributed by atoms with Crippen LogP contribution >= 0.6 is 11.3 Å². The van der Waals surface area contributed by atoms with Crippen LogP contribution in [0.4, 0.5) is 4.39 Å². The normalized spacial score (nSPS) is 10.7. The molecule has 0 aliphatic carbocycles. The van der Waals surface area contributed by atoms with Crippen LogP contribution in [-0.2, 0) is 6.42 Å². The third-order valence-electron chi connectivity index (χ3n) is 3.59. The highest BCUT2D eigenvalue weighted by molar-refractivity contribution is 7.14. The molecular formula is C16H13FN4O4S. The minimum atomic E-state index is -1.45. The Morgan fingerprint density at radius 2 is 2.00 bits per heavy atom. The van der Waals surface area contributed by atoms with Gasteiger partial charge in [0.1, 0.15) is 10.8 Å². The molecule has 0 fully saturated rings. The summed E-state index contributed by atoms with van der Waals surface area (Å²) in [4.78, 5) is 23.5. The molecule has 26 heavy (non-hydrogen) atoms. The molecule has 3 N–H and O–H groups in total. The van der Waals surface area contributed by atoms with Crippen LogP contribution in [0.5, 0.6) is 5.75 Å². The Labute approximate surface area is 150 Å². The van der Waals surface area contributed by atoms with Gasteiger partial charge in [-0.15, -0.1) is 10.2 Å². The molecule has 3 rings (SSSR count). The van der Waals surface area contributed by atoms with Crippen molar-refractivity contribution in [1.29, 1.82) is 0 Å². The first-order valence-electron chi connectivity index (χ1n) is 7.37. The number of aromatic carboxylic acids is 1. The molecular weight excluding hydrogens is 363 g/mol. The monoisotopic (exact) mass is 376 g/mol. The molecule has 134 valence electrons. The van der Waals surface area contributed by atoms with E-state index in [0.717, 1.165) is 21.6 Å². The van der Waals surface area contributed by atoms with Crippen LogP contribution in [-0.4, -0.2) is 38.1 Å². The van der Waals surface area contributed by atoms with Crippen LogP contribution in [0.15, 0.2) is 35.3 Å². The van der Waals surface area contributed by atoms with E-state index < -0.39 is 22.8 Å². The van der Waals surface area contributed by atoms with Crippen molar-refractivity contribution in [2.75, 3.05) is 12.5 Å². The molecule has 2 heterocycles. The summed E-state index contributed by atoms with van der Waals surface area (Å²) in [5.41, 5.74) is 1.99. The number of nitrogens with zero attached hydrogens (tertiary/aromatic N) is 3. The maximum Gasteiger partial charge on any atom is 0.358 e. The molecule has 8 nitrogen and oxygen atoms in total. The van der Waals surface area contributed by atoms with E-state index in [1.54, 1.807) is 12.1 Å². The van der Waals surface area contributed by atoms with E-state index in [1.807, 2.05) is 0 Å². The highest BCUT2D eigenvalue weighted by Gasteiger charge is 2.22. The van der Waals surface area contributed by atoms with Gasteiger partial charge in [-0.05, 0) is 17.7 Å². The Kier molecular flexibility index (Phi) is 4.67. The van der Waals surface area contributed by atoms with Gasteiger partial charge in [0.15, 0.2) is 16.5 Å². The van der Waals surface area contributed by atoms with Crippen LogP contribution in [0.3, 0.4) is 0 Å². The zero-order chi connectivity index (χ0) is 18.8. The maximum atomic E-state index is 13.0. The Bertz CT molecular complexity index is 1030. The lowest BCUT2D eigenvalue weighted by Crippen LogP contribution is -2.23. The number of hydrogen-bond donors (Lipinski definition) is 3. The van der Waals surface area contributed by atoms with Gasteiger partial charge in [-0.25, -0.2) is 9.18 Å². The number of aromatic nitrogens is 3. The third kappa shape index (κ3) is 3.26. The van der Waals surface area contributed by atoms with E-state index in [1.165, 1.54) is 25.4 Å². The maximum absolute atomic E-state index is 13.0. The quantitative estimate of drug-likeness (QED) is 0.620. The number of benzene rings is 1. The highest BCUT2D eigenvalue weighted by atomic mass is 32.1. The van der Waals surface area contributed by atoms with Gasteiger partial charge in [-0.2, -0.15) is 0 Å². The van der Waals surface area contributed by atoms with Crippen LogP contribution < -0.4 is 10.9 Å². The fourth-order valence-electron chi connectivity index (χ4n) is 2.35. The topological polar surface area (TPSA) is 117 Å². The summed E-state index contributed by atoms with van der Waals surface area (Å²) < 4.78 is 14.0. The van der Waals surface area contributed by atoms with E-state index in [9.17, 15) is 19.1 Å². The van der Waals surface area contributed by atoms with E-state index >= 15 is 0 Å². The van der Waals surface area contributed by atoms with Crippen LogP contribution in [0, 0.1) is 5.82 Å². The van der Waals surface area contributed by atoms with E-state index in [-0.39, 0.29) is 16.4 Å². The molecule has 10 heteroatoms. The van der Waals surface area contributed by atoms with E-state index in [4.69, 9.17) is 5.11 Å². The second kappa shape index (κ2) is 6.92. The van der Waals surface area contributed by atoms with Gasteiger partial charge in [-0.3, -0.25) is 9.47 Å². The van der Waals surface area contributed by atoms with Crippen molar-refractivity contribution in [2.24, 2.45) is 0 Å². The summed E-state index contributed by atoms with van der Waals surface area (Å²) in [6.45, 7) is 0. The predicted octanol–water partition coefficient (Wildman–Crippen LogP) is 1.67. The van der Waals surface area contributed by atoms with Gasteiger partial charge in [0, 0.05) is 19.7 Å². The summed E-state index contributed by atoms with van der Waals surface area (Å²) in [5.74, 6) is -2.68. The summed E-state index contributed by atoms with van der Waals surface area (Å²) in [7, 11) is 1.44. The fourth-order valence-corrected chi connectivity index (χ4v) is 3.23. The average Bonchev–Trinajstić information content (AvgIpc) is 3.07. The molecule has 1 aromatic carbocycles. The number of pyridine rings is 1. The first-order valence-corrected chi connectivity index (χ1v) is 8.19. The zero-order valence-electron chi connectivity index (χ0n) is 13.4. The Hall–Kier alpha value is -3.27. The molecule has 0 saturated carbocycles. The number of aromatic hydroxyl groups is 1. The molecule has 0 aliphatic heterocycles. The lowest BCUT2D eigenvalue weighted by atomic mass is 10.2. The smallest absolute Gasteiger partial charge is 0.358 e. The first kappa shape index (κ1) is 17.5. The summed E-state index contributed by atoms with van der Waals surface area (Å²) >= 11 is 1.13.